The number of carboxylic acid groups (broad SMARTS) is 1. The third-order valence-corrected chi connectivity index (χ3v) is 3.04. The standard InChI is InChI=1S/C16H14O4/c17-13-8-4-7-12(16(19)20)15(13)14(18)10-9-11-5-2-1-3-6-11/h1-8,17H,9-10H2,(H,19,20). The summed E-state index contributed by atoms with van der Waals surface area (Å²) in [6, 6.07) is 13.5. The van der Waals surface area contributed by atoms with Gasteiger partial charge in [0.05, 0.1) is 11.1 Å². The number of phenols is 1. The molecule has 0 saturated carbocycles. The van der Waals surface area contributed by atoms with E-state index in [4.69, 9.17) is 5.11 Å². The molecule has 0 fully saturated rings. The second-order valence-electron chi connectivity index (χ2n) is 4.41. The Balaban J connectivity index is 2.19. The Kier molecular flexibility index (Phi) is 4.15. The van der Waals surface area contributed by atoms with E-state index in [-0.39, 0.29) is 29.1 Å². The van der Waals surface area contributed by atoms with Gasteiger partial charge in [-0.25, -0.2) is 4.79 Å². The number of rotatable bonds is 5. The van der Waals surface area contributed by atoms with Crippen LogP contribution in [0.25, 0.3) is 0 Å². The lowest BCUT2D eigenvalue weighted by Crippen LogP contribution is -2.09. The Morgan fingerprint density at radius 2 is 1.65 bits per heavy atom. The van der Waals surface area contributed by atoms with Gasteiger partial charge >= 0.3 is 5.97 Å². The number of aromatic carboxylic acids is 1. The van der Waals surface area contributed by atoms with Crippen LogP contribution in [0.2, 0.25) is 0 Å². The van der Waals surface area contributed by atoms with E-state index in [2.05, 4.69) is 0 Å². The summed E-state index contributed by atoms with van der Waals surface area (Å²) >= 11 is 0. The number of carbonyl (C=O) groups is 2. The van der Waals surface area contributed by atoms with Crippen molar-refractivity contribution < 1.29 is 19.8 Å². The average molecular weight is 270 g/mol. The molecule has 0 aliphatic heterocycles. The van der Waals surface area contributed by atoms with E-state index in [1.165, 1.54) is 18.2 Å². The Labute approximate surface area is 116 Å². The van der Waals surface area contributed by atoms with E-state index >= 15 is 0 Å². The van der Waals surface area contributed by atoms with E-state index in [0.717, 1.165) is 5.56 Å². The summed E-state index contributed by atoms with van der Waals surface area (Å²) in [5, 5.41) is 18.8. The van der Waals surface area contributed by atoms with Gasteiger partial charge in [0.1, 0.15) is 5.75 Å². The van der Waals surface area contributed by atoms with Crippen molar-refractivity contribution in [1.82, 2.24) is 0 Å². The number of Topliss-reactive ketones (excluding diaryl/α,β-unsaturated/α-hetero) is 1. The van der Waals surface area contributed by atoms with E-state index < -0.39 is 5.97 Å². The Bertz CT molecular complexity index is 632. The summed E-state index contributed by atoms with van der Waals surface area (Å²) in [4.78, 5) is 23.2. The lowest BCUT2D eigenvalue weighted by Gasteiger charge is -2.07. The molecule has 2 rings (SSSR count). The maximum absolute atomic E-state index is 12.1. The van der Waals surface area contributed by atoms with Crippen LogP contribution in [0.15, 0.2) is 48.5 Å². The molecule has 20 heavy (non-hydrogen) atoms. The van der Waals surface area contributed by atoms with Crippen LogP contribution in [-0.2, 0) is 6.42 Å². The fourth-order valence-electron chi connectivity index (χ4n) is 2.04. The van der Waals surface area contributed by atoms with Crippen molar-refractivity contribution in [2.24, 2.45) is 0 Å². The monoisotopic (exact) mass is 270 g/mol. The fraction of sp³-hybridized carbons (Fsp3) is 0.125. The van der Waals surface area contributed by atoms with Crippen LogP contribution in [0.4, 0.5) is 0 Å². The average Bonchev–Trinajstić information content (AvgIpc) is 2.45. The number of ketones is 1. The van der Waals surface area contributed by atoms with Crippen LogP contribution < -0.4 is 0 Å². The number of hydrogen-bond donors (Lipinski definition) is 2. The molecule has 0 saturated heterocycles. The lowest BCUT2D eigenvalue weighted by molar-refractivity contribution is 0.0691. The van der Waals surface area contributed by atoms with E-state index in [0.29, 0.717) is 6.42 Å². The minimum absolute atomic E-state index is 0.115. The molecular formula is C16H14O4. The predicted molar refractivity (Wildman–Crippen MR) is 74.2 cm³/mol. The minimum Gasteiger partial charge on any atom is -0.507 e. The zero-order valence-corrected chi connectivity index (χ0v) is 10.7. The molecule has 0 radical (unpaired) electrons. The zero-order chi connectivity index (χ0) is 14.5. The van der Waals surface area contributed by atoms with Gasteiger partial charge in [0, 0.05) is 6.42 Å². The number of benzene rings is 2. The summed E-state index contributed by atoms with van der Waals surface area (Å²) in [7, 11) is 0. The maximum Gasteiger partial charge on any atom is 0.336 e. The highest BCUT2D eigenvalue weighted by atomic mass is 16.4. The summed E-state index contributed by atoms with van der Waals surface area (Å²) in [6.45, 7) is 0. The number of hydrogen-bond acceptors (Lipinski definition) is 3. The Morgan fingerprint density at radius 1 is 0.950 bits per heavy atom. The van der Waals surface area contributed by atoms with Crippen LogP contribution in [0.1, 0.15) is 32.7 Å². The summed E-state index contributed by atoms with van der Waals surface area (Å²) in [5.41, 5.74) is 0.715. The molecule has 2 aromatic carbocycles. The van der Waals surface area contributed by atoms with Crippen molar-refractivity contribution in [3.8, 4) is 5.75 Å². The first-order valence-corrected chi connectivity index (χ1v) is 6.22. The second kappa shape index (κ2) is 6.02. The number of aromatic hydroxyl groups is 1. The largest absolute Gasteiger partial charge is 0.507 e. The van der Waals surface area contributed by atoms with E-state index in [9.17, 15) is 14.7 Å². The van der Waals surface area contributed by atoms with Gasteiger partial charge in [0.15, 0.2) is 5.78 Å². The molecule has 0 aliphatic rings. The summed E-state index contributed by atoms with van der Waals surface area (Å²) in [5.74, 6) is -1.88. The highest BCUT2D eigenvalue weighted by Gasteiger charge is 2.19. The minimum atomic E-state index is -1.22. The molecule has 0 heterocycles. The molecule has 0 spiro atoms. The Hall–Kier alpha value is -2.62. The maximum atomic E-state index is 12.1. The number of carboxylic acids is 1. The summed E-state index contributed by atoms with van der Waals surface area (Å²) in [6.07, 6.45) is 0.662. The van der Waals surface area contributed by atoms with E-state index in [1.54, 1.807) is 0 Å². The zero-order valence-electron chi connectivity index (χ0n) is 10.7. The highest BCUT2D eigenvalue weighted by Crippen LogP contribution is 2.23. The lowest BCUT2D eigenvalue weighted by atomic mass is 9.97. The number of phenolic OH excluding ortho intramolecular Hbond substituents is 1. The van der Waals surface area contributed by atoms with Gasteiger partial charge in [0.25, 0.3) is 0 Å². The quantitative estimate of drug-likeness (QED) is 0.819. The highest BCUT2D eigenvalue weighted by molar-refractivity contribution is 6.07. The smallest absolute Gasteiger partial charge is 0.336 e. The molecule has 0 bridgehead atoms. The van der Waals surface area contributed by atoms with Gasteiger partial charge in [0.2, 0.25) is 0 Å². The normalized spacial score (nSPS) is 10.2. The molecule has 2 aromatic rings. The van der Waals surface area contributed by atoms with Crippen molar-refractivity contribution in [3.05, 3.63) is 65.2 Å². The van der Waals surface area contributed by atoms with Crippen LogP contribution in [0, 0.1) is 0 Å². The van der Waals surface area contributed by atoms with Gasteiger partial charge in [-0.2, -0.15) is 0 Å². The molecule has 2 N–H and O–H groups in total. The topological polar surface area (TPSA) is 74.6 Å². The van der Waals surface area contributed by atoms with E-state index in [1.807, 2.05) is 30.3 Å². The van der Waals surface area contributed by atoms with Crippen LogP contribution in [0.5, 0.6) is 5.75 Å². The summed E-state index contributed by atoms with van der Waals surface area (Å²) < 4.78 is 0. The molecular weight excluding hydrogens is 256 g/mol. The third kappa shape index (κ3) is 3.03. The molecule has 0 atom stereocenters. The van der Waals surface area contributed by atoms with Crippen LogP contribution >= 0.6 is 0 Å². The molecule has 4 nitrogen and oxygen atoms in total. The number of carbonyl (C=O) groups excluding carboxylic acids is 1. The molecule has 4 heteroatoms. The molecule has 0 unspecified atom stereocenters. The van der Waals surface area contributed by atoms with Crippen molar-refractivity contribution in [2.45, 2.75) is 12.8 Å². The number of aryl methyl sites for hydroxylation is 1. The van der Waals surface area contributed by atoms with Crippen LogP contribution in [0.3, 0.4) is 0 Å². The first-order chi connectivity index (χ1) is 9.59. The van der Waals surface area contributed by atoms with Crippen molar-refractivity contribution in [3.63, 3.8) is 0 Å². The van der Waals surface area contributed by atoms with Crippen molar-refractivity contribution in [2.75, 3.05) is 0 Å². The third-order valence-electron chi connectivity index (χ3n) is 3.04. The van der Waals surface area contributed by atoms with Gasteiger partial charge in [-0.1, -0.05) is 36.4 Å². The van der Waals surface area contributed by atoms with Gasteiger partial charge in [-0.05, 0) is 24.1 Å². The van der Waals surface area contributed by atoms with Gasteiger partial charge < -0.3 is 10.2 Å². The van der Waals surface area contributed by atoms with Crippen LogP contribution in [-0.4, -0.2) is 22.0 Å². The fourth-order valence-corrected chi connectivity index (χ4v) is 2.04. The molecule has 0 aliphatic carbocycles. The first-order valence-electron chi connectivity index (χ1n) is 6.22. The van der Waals surface area contributed by atoms with Crippen molar-refractivity contribution in [1.29, 1.82) is 0 Å². The van der Waals surface area contributed by atoms with Gasteiger partial charge in [-0.3, -0.25) is 4.79 Å². The predicted octanol–water partition coefficient (Wildman–Crippen LogP) is 2.91. The second-order valence-corrected chi connectivity index (χ2v) is 4.41. The molecule has 102 valence electrons. The first kappa shape index (κ1) is 13.8. The molecule has 0 amide bonds. The SMILES string of the molecule is O=C(O)c1cccc(O)c1C(=O)CCc1ccccc1. The Morgan fingerprint density at radius 3 is 2.30 bits per heavy atom. The molecule has 0 aromatic heterocycles. The van der Waals surface area contributed by atoms with Gasteiger partial charge in [-0.15, -0.1) is 0 Å². The van der Waals surface area contributed by atoms with Crippen molar-refractivity contribution >= 4 is 11.8 Å².